The second kappa shape index (κ2) is 10.6. The Balaban J connectivity index is 1.39. The first-order valence-electron chi connectivity index (χ1n) is 11.3. The van der Waals surface area contributed by atoms with Crippen molar-refractivity contribution in [1.29, 1.82) is 0 Å². The summed E-state index contributed by atoms with van der Waals surface area (Å²) in [5.41, 5.74) is 9.26. The maximum atomic E-state index is 13.2. The third-order valence-corrected chi connectivity index (χ3v) is 6.21. The van der Waals surface area contributed by atoms with Crippen LogP contribution in [0.2, 0.25) is 0 Å². The van der Waals surface area contributed by atoms with Gasteiger partial charge in [-0.1, -0.05) is 30.3 Å². The van der Waals surface area contributed by atoms with Crippen LogP contribution in [0.3, 0.4) is 0 Å². The van der Waals surface area contributed by atoms with Crippen molar-refractivity contribution in [2.45, 2.75) is 37.9 Å². The average molecular weight is 450 g/mol. The molecule has 0 saturated carbocycles. The standard InChI is InChI=1S/C25H31N5O3/c1-33-16-18-11-23(24(31)28-14-20-12-19-13-27-10-9-22(19)29-20)30(15-18)25(32)21(26)8-7-17-5-3-2-4-6-17/h2-6,9-10,12-13,18,21,23,29H,7-8,11,14-16,26H2,1H3,(H,28,31)/t18?,21-,23?/m1/s1. The van der Waals surface area contributed by atoms with E-state index in [0.29, 0.717) is 32.5 Å². The van der Waals surface area contributed by atoms with Gasteiger partial charge in [0.25, 0.3) is 0 Å². The van der Waals surface area contributed by atoms with Crippen molar-refractivity contribution in [2.75, 3.05) is 20.3 Å². The van der Waals surface area contributed by atoms with E-state index in [1.807, 2.05) is 42.5 Å². The van der Waals surface area contributed by atoms with Gasteiger partial charge in [0.15, 0.2) is 0 Å². The van der Waals surface area contributed by atoms with Gasteiger partial charge in [0.1, 0.15) is 6.04 Å². The van der Waals surface area contributed by atoms with E-state index in [1.165, 1.54) is 0 Å². The van der Waals surface area contributed by atoms with Gasteiger partial charge < -0.3 is 25.7 Å². The van der Waals surface area contributed by atoms with E-state index < -0.39 is 12.1 Å². The summed E-state index contributed by atoms with van der Waals surface area (Å²) in [4.78, 5) is 35.3. The van der Waals surface area contributed by atoms with Gasteiger partial charge in [-0.2, -0.15) is 0 Å². The lowest BCUT2D eigenvalue weighted by Gasteiger charge is -2.26. The Hall–Kier alpha value is -3.23. The van der Waals surface area contributed by atoms with Crippen LogP contribution in [0.15, 0.2) is 54.9 Å². The van der Waals surface area contributed by atoms with Gasteiger partial charge in [-0.05, 0) is 37.0 Å². The number of carbonyl (C=O) groups is 2. The van der Waals surface area contributed by atoms with Crippen molar-refractivity contribution in [3.8, 4) is 0 Å². The number of H-pyrrole nitrogens is 1. The summed E-state index contributed by atoms with van der Waals surface area (Å²) in [6.07, 6.45) is 5.31. The highest BCUT2D eigenvalue weighted by Crippen LogP contribution is 2.25. The molecule has 2 aromatic heterocycles. The summed E-state index contributed by atoms with van der Waals surface area (Å²) >= 11 is 0. The minimum atomic E-state index is -0.650. The normalized spacial score (nSPS) is 19.0. The number of aromatic amines is 1. The molecule has 0 aliphatic carbocycles. The number of amides is 2. The minimum Gasteiger partial charge on any atom is -0.384 e. The zero-order valence-corrected chi connectivity index (χ0v) is 18.9. The fourth-order valence-corrected chi connectivity index (χ4v) is 4.50. The van der Waals surface area contributed by atoms with E-state index in [0.717, 1.165) is 28.6 Å². The number of aromatic nitrogens is 2. The zero-order chi connectivity index (χ0) is 23.2. The largest absolute Gasteiger partial charge is 0.384 e. The van der Waals surface area contributed by atoms with E-state index >= 15 is 0 Å². The van der Waals surface area contributed by atoms with Crippen LogP contribution in [0, 0.1) is 5.92 Å². The van der Waals surface area contributed by atoms with E-state index in [9.17, 15) is 9.59 Å². The zero-order valence-electron chi connectivity index (χ0n) is 18.9. The smallest absolute Gasteiger partial charge is 0.243 e. The van der Waals surface area contributed by atoms with E-state index in [1.54, 1.807) is 24.4 Å². The summed E-state index contributed by atoms with van der Waals surface area (Å²) in [7, 11) is 1.63. The van der Waals surface area contributed by atoms with Crippen molar-refractivity contribution in [3.63, 3.8) is 0 Å². The van der Waals surface area contributed by atoms with Crippen LogP contribution in [-0.4, -0.2) is 59.0 Å². The molecule has 2 unspecified atom stereocenters. The number of likely N-dealkylation sites (tertiary alicyclic amines) is 1. The lowest BCUT2D eigenvalue weighted by atomic mass is 10.0. The van der Waals surface area contributed by atoms with Gasteiger partial charge in [0.2, 0.25) is 11.8 Å². The predicted molar refractivity (Wildman–Crippen MR) is 126 cm³/mol. The van der Waals surface area contributed by atoms with Crippen LogP contribution in [0.25, 0.3) is 10.9 Å². The fraction of sp³-hybridized carbons (Fsp3) is 0.400. The van der Waals surface area contributed by atoms with Crippen molar-refractivity contribution >= 4 is 22.7 Å². The molecule has 1 fully saturated rings. The number of carbonyl (C=O) groups excluding carboxylic acids is 2. The number of nitrogens with one attached hydrogen (secondary N) is 2. The molecule has 8 nitrogen and oxygen atoms in total. The SMILES string of the molecule is COCC1CC(C(=O)NCc2cc3cnccc3[nH]2)N(C(=O)[C@H](N)CCc2ccccc2)C1. The number of nitrogens with two attached hydrogens (primary N) is 1. The summed E-state index contributed by atoms with van der Waals surface area (Å²) in [6.45, 7) is 1.32. The maximum absolute atomic E-state index is 13.2. The quantitative estimate of drug-likeness (QED) is 0.462. The Labute approximate surface area is 193 Å². The lowest BCUT2D eigenvalue weighted by Crippen LogP contribution is -2.51. The predicted octanol–water partition coefficient (Wildman–Crippen LogP) is 2.00. The first kappa shape index (κ1) is 22.9. The number of methoxy groups -OCH3 is 1. The number of aryl methyl sites for hydroxylation is 1. The molecule has 33 heavy (non-hydrogen) atoms. The molecule has 8 heteroatoms. The number of nitrogens with zero attached hydrogens (tertiary/aromatic N) is 2. The summed E-state index contributed by atoms with van der Waals surface area (Å²) in [6, 6.07) is 12.6. The lowest BCUT2D eigenvalue weighted by molar-refractivity contribution is -0.139. The highest BCUT2D eigenvalue weighted by Gasteiger charge is 2.40. The van der Waals surface area contributed by atoms with E-state index in [2.05, 4.69) is 15.3 Å². The van der Waals surface area contributed by atoms with Crippen LogP contribution in [-0.2, 0) is 27.3 Å². The number of pyridine rings is 1. The number of benzene rings is 1. The summed E-state index contributed by atoms with van der Waals surface area (Å²) in [5, 5.41) is 3.97. The molecule has 3 atom stereocenters. The van der Waals surface area contributed by atoms with Gasteiger partial charge in [-0.3, -0.25) is 14.6 Å². The molecule has 174 valence electrons. The summed E-state index contributed by atoms with van der Waals surface area (Å²) in [5.74, 6) is -0.245. The second-order valence-corrected chi connectivity index (χ2v) is 8.67. The van der Waals surface area contributed by atoms with Gasteiger partial charge in [0, 0.05) is 48.6 Å². The van der Waals surface area contributed by atoms with E-state index in [-0.39, 0.29) is 17.7 Å². The molecule has 2 amide bonds. The molecule has 1 aliphatic heterocycles. The topological polar surface area (TPSA) is 113 Å². The van der Waals surface area contributed by atoms with Crippen molar-refractivity contribution < 1.29 is 14.3 Å². The molecular formula is C25H31N5O3. The fourth-order valence-electron chi connectivity index (χ4n) is 4.50. The second-order valence-electron chi connectivity index (χ2n) is 8.67. The molecule has 4 N–H and O–H groups in total. The Bertz CT molecular complexity index is 1050. The van der Waals surface area contributed by atoms with Crippen LogP contribution in [0.4, 0.5) is 0 Å². The van der Waals surface area contributed by atoms with E-state index in [4.69, 9.17) is 10.5 Å². The van der Waals surface area contributed by atoms with Crippen molar-refractivity contribution in [1.82, 2.24) is 20.2 Å². The molecule has 1 aromatic carbocycles. The molecular weight excluding hydrogens is 418 g/mol. The number of fused-ring (bicyclic) bond motifs is 1. The molecule has 1 aliphatic rings. The number of hydrogen-bond acceptors (Lipinski definition) is 5. The van der Waals surface area contributed by atoms with Crippen LogP contribution < -0.4 is 11.1 Å². The minimum absolute atomic E-state index is 0.107. The van der Waals surface area contributed by atoms with Crippen molar-refractivity contribution in [2.24, 2.45) is 11.7 Å². The highest BCUT2D eigenvalue weighted by atomic mass is 16.5. The van der Waals surface area contributed by atoms with Crippen LogP contribution in [0.1, 0.15) is 24.1 Å². The summed E-state index contributed by atoms with van der Waals surface area (Å²) < 4.78 is 5.30. The van der Waals surface area contributed by atoms with Crippen LogP contribution >= 0.6 is 0 Å². The first-order valence-corrected chi connectivity index (χ1v) is 11.3. The average Bonchev–Trinajstić information content (AvgIpc) is 3.45. The Kier molecular flexibility index (Phi) is 7.36. The van der Waals surface area contributed by atoms with Gasteiger partial charge in [-0.25, -0.2) is 0 Å². The maximum Gasteiger partial charge on any atom is 0.243 e. The Morgan fingerprint density at radius 3 is 2.88 bits per heavy atom. The molecule has 3 aromatic rings. The van der Waals surface area contributed by atoms with Crippen LogP contribution in [0.5, 0.6) is 0 Å². The Morgan fingerprint density at radius 2 is 2.12 bits per heavy atom. The van der Waals surface area contributed by atoms with Gasteiger partial charge >= 0.3 is 0 Å². The third kappa shape index (κ3) is 5.58. The monoisotopic (exact) mass is 449 g/mol. The van der Waals surface area contributed by atoms with Crippen molar-refractivity contribution in [3.05, 3.63) is 66.1 Å². The molecule has 0 bridgehead atoms. The van der Waals surface area contributed by atoms with Gasteiger partial charge in [-0.15, -0.1) is 0 Å². The number of rotatable bonds is 9. The third-order valence-electron chi connectivity index (χ3n) is 6.21. The highest BCUT2D eigenvalue weighted by molar-refractivity contribution is 5.90. The number of ether oxygens (including phenoxy) is 1. The molecule has 3 heterocycles. The molecule has 1 saturated heterocycles. The molecule has 0 radical (unpaired) electrons. The first-order chi connectivity index (χ1) is 16.0. The number of hydrogen-bond donors (Lipinski definition) is 3. The molecule has 0 spiro atoms. The Morgan fingerprint density at radius 1 is 1.30 bits per heavy atom. The molecule has 4 rings (SSSR count). The van der Waals surface area contributed by atoms with Gasteiger partial charge in [0.05, 0.1) is 19.2 Å².